The second-order valence-electron chi connectivity index (χ2n) is 4.67. The first-order valence-electron chi connectivity index (χ1n) is 6.60. The van der Waals surface area contributed by atoms with Gasteiger partial charge in [-0.25, -0.2) is 0 Å². The molecule has 2 fully saturated rings. The van der Waals surface area contributed by atoms with Gasteiger partial charge < -0.3 is 4.90 Å². The first-order valence-corrected chi connectivity index (χ1v) is 6.60. The molecule has 0 radical (unpaired) electrons. The summed E-state index contributed by atoms with van der Waals surface area (Å²) in [7, 11) is 0. The van der Waals surface area contributed by atoms with Crippen molar-refractivity contribution in [1.29, 1.82) is 0 Å². The first kappa shape index (κ1) is 12.0. The lowest BCUT2D eigenvalue weighted by atomic mass is 9.86. The van der Waals surface area contributed by atoms with Crippen molar-refractivity contribution in [2.24, 2.45) is 5.92 Å². The van der Waals surface area contributed by atoms with Crippen LogP contribution in [0.4, 0.5) is 0 Å². The Morgan fingerprint density at radius 2 is 1.57 bits per heavy atom. The van der Waals surface area contributed by atoms with E-state index in [0.717, 1.165) is 12.0 Å². The van der Waals surface area contributed by atoms with Gasteiger partial charge in [0.2, 0.25) is 0 Å². The molecule has 2 rings (SSSR count). The Morgan fingerprint density at radius 1 is 0.929 bits per heavy atom. The highest BCUT2D eigenvalue weighted by Gasteiger charge is 2.25. The summed E-state index contributed by atoms with van der Waals surface area (Å²) in [5.74, 6) is 0.990. The van der Waals surface area contributed by atoms with Gasteiger partial charge in [0, 0.05) is 6.04 Å². The largest absolute Gasteiger partial charge is 0.300 e. The number of nitrogens with zero attached hydrogens (tertiary/aromatic N) is 1. The third-order valence-corrected chi connectivity index (χ3v) is 3.57. The second kappa shape index (κ2) is 6.44. The zero-order valence-electron chi connectivity index (χ0n) is 10.3. The molecule has 1 nitrogen and oxygen atoms in total. The molecule has 2 aliphatic rings. The summed E-state index contributed by atoms with van der Waals surface area (Å²) in [6.07, 6.45) is 8.80. The van der Waals surface area contributed by atoms with E-state index < -0.39 is 0 Å². The minimum absolute atomic E-state index is 0.955. The SMILES string of the molecule is CC.CC1CCCC(N2CCCC2)C1. The molecule has 1 heteroatoms. The molecule has 1 aliphatic heterocycles. The van der Waals surface area contributed by atoms with E-state index in [2.05, 4.69) is 11.8 Å². The summed E-state index contributed by atoms with van der Waals surface area (Å²) in [6.45, 7) is 9.19. The first-order chi connectivity index (χ1) is 6.86. The Hall–Kier alpha value is -0.0400. The number of hydrogen-bond donors (Lipinski definition) is 0. The fourth-order valence-electron chi connectivity index (χ4n) is 2.84. The lowest BCUT2D eigenvalue weighted by molar-refractivity contribution is 0.163. The van der Waals surface area contributed by atoms with Crippen LogP contribution in [0, 0.1) is 5.92 Å². The molecule has 1 saturated heterocycles. The molecule has 2 atom stereocenters. The highest BCUT2D eigenvalue weighted by atomic mass is 15.2. The van der Waals surface area contributed by atoms with Crippen LogP contribution in [0.3, 0.4) is 0 Å². The summed E-state index contributed by atoms with van der Waals surface area (Å²) < 4.78 is 0. The minimum atomic E-state index is 0.955. The maximum absolute atomic E-state index is 2.73. The Labute approximate surface area is 89.9 Å². The van der Waals surface area contributed by atoms with Gasteiger partial charge in [-0.2, -0.15) is 0 Å². The third kappa shape index (κ3) is 3.27. The number of rotatable bonds is 1. The van der Waals surface area contributed by atoms with Gasteiger partial charge in [-0.15, -0.1) is 0 Å². The maximum atomic E-state index is 2.73. The van der Waals surface area contributed by atoms with Crippen LogP contribution in [-0.4, -0.2) is 24.0 Å². The smallest absolute Gasteiger partial charge is 0.00977 e. The zero-order valence-corrected chi connectivity index (χ0v) is 10.3. The summed E-state index contributed by atoms with van der Waals surface area (Å²) >= 11 is 0. The monoisotopic (exact) mass is 197 g/mol. The molecule has 14 heavy (non-hydrogen) atoms. The van der Waals surface area contributed by atoms with Crippen LogP contribution in [0.5, 0.6) is 0 Å². The van der Waals surface area contributed by atoms with Crippen LogP contribution >= 0.6 is 0 Å². The Balaban J connectivity index is 0.000000461. The second-order valence-corrected chi connectivity index (χ2v) is 4.67. The van der Waals surface area contributed by atoms with E-state index in [-0.39, 0.29) is 0 Å². The van der Waals surface area contributed by atoms with E-state index in [1.165, 1.54) is 51.6 Å². The predicted molar refractivity (Wildman–Crippen MR) is 63.6 cm³/mol. The predicted octanol–water partition coefficient (Wildman–Crippen LogP) is 3.69. The summed E-state index contributed by atoms with van der Waals surface area (Å²) in [5, 5.41) is 0. The van der Waals surface area contributed by atoms with Gasteiger partial charge in [-0.3, -0.25) is 0 Å². The highest BCUT2D eigenvalue weighted by Crippen LogP contribution is 2.29. The van der Waals surface area contributed by atoms with E-state index in [9.17, 15) is 0 Å². The molecule has 0 aromatic carbocycles. The molecule has 0 amide bonds. The average Bonchev–Trinajstić information content (AvgIpc) is 2.74. The molecule has 0 spiro atoms. The van der Waals surface area contributed by atoms with Gasteiger partial charge in [0.25, 0.3) is 0 Å². The average molecular weight is 197 g/mol. The maximum Gasteiger partial charge on any atom is 0.00977 e. The number of hydrogen-bond acceptors (Lipinski definition) is 1. The fraction of sp³-hybridized carbons (Fsp3) is 1.00. The van der Waals surface area contributed by atoms with Crippen LogP contribution < -0.4 is 0 Å². The summed E-state index contributed by atoms with van der Waals surface area (Å²) in [5.41, 5.74) is 0. The van der Waals surface area contributed by atoms with Crippen LogP contribution in [0.15, 0.2) is 0 Å². The Kier molecular flexibility index (Phi) is 5.54. The molecule has 0 N–H and O–H groups in total. The van der Waals surface area contributed by atoms with Crippen LogP contribution in [-0.2, 0) is 0 Å². The molecule has 1 saturated carbocycles. The van der Waals surface area contributed by atoms with Crippen molar-refractivity contribution in [2.45, 2.75) is 65.3 Å². The van der Waals surface area contributed by atoms with E-state index in [1.807, 2.05) is 13.8 Å². The third-order valence-electron chi connectivity index (χ3n) is 3.57. The Bertz CT molecular complexity index is 138. The van der Waals surface area contributed by atoms with E-state index >= 15 is 0 Å². The van der Waals surface area contributed by atoms with E-state index in [0.29, 0.717) is 0 Å². The molecule has 2 unspecified atom stereocenters. The quantitative estimate of drug-likeness (QED) is 0.620. The minimum Gasteiger partial charge on any atom is -0.300 e. The Morgan fingerprint density at radius 3 is 2.14 bits per heavy atom. The fourth-order valence-corrected chi connectivity index (χ4v) is 2.84. The standard InChI is InChI=1S/C11H21N.C2H6/c1-10-5-4-6-11(9-10)12-7-2-3-8-12;1-2/h10-11H,2-9H2,1H3;1-2H3. The normalized spacial score (nSPS) is 33.6. The molecule has 84 valence electrons. The molecule has 1 aliphatic carbocycles. The molecule has 0 aromatic heterocycles. The summed E-state index contributed by atoms with van der Waals surface area (Å²) in [6, 6.07) is 0.955. The molecular weight excluding hydrogens is 170 g/mol. The van der Waals surface area contributed by atoms with Crippen LogP contribution in [0.25, 0.3) is 0 Å². The van der Waals surface area contributed by atoms with Gasteiger partial charge in [0.15, 0.2) is 0 Å². The van der Waals surface area contributed by atoms with Crippen LogP contribution in [0.1, 0.15) is 59.3 Å². The van der Waals surface area contributed by atoms with E-state index in [1.54, 1.807) is 0 Å². The highest BCUT2D eigenvalue weighted by molar-refractivity contribution is 4.81. The van der Waals surface area contributed by atoms with Crippen molar-refractivity contribution in [3.63, 3.8) is 0 Å². The van der Waals surface area contributed by atoms with Crippen molar-refractivity contribution in [3.05, 3.63) is 0 Å². The van der Waals surface area contributed by atoms with Crippen molar-refractivity contribution in [2.75, 3.05) is 13.1 Å². The van der Waals surface area contributed by atoms with Crippen molar-refractivity contribution in [3.8, 4) is 0 Å². The van der Waals surface area contributed by atoms with Gasteiger partial charge in [-0.1, -0.05) is 33.6 Å². The van der Waals surface area contributed by atoms with Crippen molar-refractivity contribution < 1.29 is 0 Å². The van der Waals surface area contributed by atoms with Crippen LogP contribution in [0.2, 0.25) is 0 Å². The van der Waals surface area contributed by atoms with Gasteiger partial charge >= 0.3 is 0 Å². The van der Waals surface area contributed by atoms with Crippen molar-refractivity contribution in [1.82, 2.24) is 4.90 Å². The lowest BCUT2D eigenvalue weighted by Crippen LogP contribution is -2.36. The van der Waals surface area contributed by atoms with Crippen molar-refractivity contribution >= 4 is 0 Å². The zero-order chi connectivity index (χ0) is 10.4. The number of likely N-dealkylation sites (tertiary alicyclic amines) is 1. The van der Waals surface area contributed by atoms with E-state index in [4.69, 9.17) is 0 Å². The molecule has 0 bridgehead atoms. The van der Waals surface area contributed by atoms with Gasteiger partial charge in [0.05, 0.1) is 0 Å². The lowest BCUT2D eigenvalue weighted by Gasteiger charge is -2.33. The van der Waals surface area contributed by atoms with Gasteiger partial charge in [0.1, 0.15) is 0 Å². The molecule has 1 heterocycles. The topological polar surface area (TPSA) is 3.24 Å². The molecule has 0 aromatic rings. The van der Waals surface area contributed by atoms with Gasteiger partial charge in [-0.05, 0) is 44.7 Å². The molecular formula is C13H27N. The summed E-state index contributed by atoms with van der Waals surface area (Å²) in [4.78, 5) is 2.73.